The van der Waals surface area contributed by atoms with E-state index in [1.165, 1.54) is 0 Å². The molecule has 0 unspecified atom stereocenters. The van der Waals surface area contributed by atoms with Gasteiger partial charge in [0.1, 0.15) is 22.8 Å². The van der Waals surface area contributed by atoms with Crippen LogP contribution < -0.4 is 10.5 Å². The van der Waals surface area contributed by atoms with Crippen LogP contribution in [0, 0.1) is 6.92 Å². The van der Waals surface area contributed by atoms with Crippen molar-refractivity contribution >= 4 is 44.2 Å². The van der Waals surface area contributed by atoms with Crippen molar-refractivity contribution in [2.45, 2.75) is 12.7 Å². The summed E-state index contributed by atoms with van der Waals surface area (Å²) in [4.78, 5) is 17.7. The maximum Gasteiger partial charge on any atom is 0.239 e. The van der Waals surface area contributed by atoms with Crippen LogP contribution in [0.1, 0.15) is 11.4 Å². The van der Waals surface area contributed by atoms with Crippen molar-refractivity contribution in [2.24, 2.45) is 7.05 Å². The number of rotatable bonds is 6. The second-order valence-electron chi connectivity index (χ2n) is 8.19. The number of sulfonamides is 1. The summed E-state index contributed by atoms with van der Waals surface area (Å²) in [6, 6.07) is 14.2. The van der Waals surface area contributed by atoms with Gasteiger partial charge in [0.05, 0.1) is 16.2 Å². The number of aryl methyl sites for hydroxylation is 2. The number of hydrogen-bond acceptors (Lipinski definition) is 8. The maximum atomic E-state index is 12.9. The van der Waals surface area contributed by atoms with Gasteiger partial charge in [-0.3, -0.25) is 19.4 Å². The smallest absolute Gasteiger partial charge is 0.239 e. The summed E-state index contributed by atoms with van der Waals surface area (Å²) in [7, 11) is -2.11. The van der Waals surface area contributed by atoms with Gasteiger partial charge in [-0.05, 0) is 43.3 Å². The second kappa shape index (κ2) is 9.17. The number of nitrogens with zero attached hydrogens (tertiary/aromatic N) is 6. The fraction of sp³-hybridized carbons (Fsp3) is 0.125. The van der Waals surface area contributed by atoms with Crippen LogP contribution in [0.5, 0.6) is 0 Å². The second-order valence-corrected chi connectivity index (χ2v) is 10.3. The maximum absolute atomic E-state index is 12.9. The lowest BCUT2D eigenvalue weighted by Crippen LogP contribution is -2.19. The van der Waals surface area contributed by atoms with Crippen molar-refractivity contribution in [1.29, 1.82) is 0 Å². The van der Waals surface area contributed by atoms with Gasteiger partial charge < -0.3 is 5.73 Å². The largest absolute Gasteiger partial charge is 0.381 e. The summed E-state index contributed by atoms with van der Waals surface area (Å²) in [5, 5.41) is 5.64. The zero-order valence-electron chi connectivity index (χ0n) is 19.3. The average molecular weight is 521 g/mol. The third-order valence-electron chi connectivity index (χ3n) is 5.35. The van der Waals surface area contributed by atoms with E-state index in [2.05, 4.69) is 29.8 Å². The third-order valence-corrected chi connectivity index (χ3v) is 6.82. The molecule has 36 heavy (non-hydrogen) atoms. The normalized spacial score (nSPS) is 11.6. The Morgan fingerprint density at radius 2 is 1.89 bits per heavy atom. The number of anilines is 2. The van der Waals surface area contributed by atoms with Crippen LogP contribution in [0.25, 0.3) is 33.5 Å². The highest BCUT2D eigenvalue weighted by atomic mass is 35.5. The Labute approximate surface area is 212 Å². The van der Waals surface area contributed by atoms with Crippen LogP contribution in [0.3, 0.4) is 0 Å². The molecule has 0 atom stereocenters. The van der Waals surface area contributed by atoms with Crippen LogP contribution in [0.2, 0.25) is 5.02 Å². The molecule has 3 N–H and O–H groups in total. The molecule has 0 aliphatic heterocycles. The van der Waals surface area contributed by atoms with Crippen molar-refractivity contribution in [2.75, 3.05) is 10.5 Å². The molecule has 0 fully saturated rings. The Morgan fingerprint density at radius 3 is 2.64 bits per heavy atom. The fourth-order valence-electron chi connectivity index (χ4n) is 3.79. The van der Waals surface area contributed by atoms with Gasteiger partial charge in [0, 0.05) is 36.1 Å². The van der Waals surface area contributed by atoms with Crippen LogP contribution >= 0.6 is 11.6 Å². The predicted octanol–water partition coefficient (Wildman–Crippen LogP) is 3.97. The van der Waals surface area contributed by atoms with Crippen LogP contribution in [-0.2, 0) is 22.8 Å². The number of nitrogens with one attached hydrogen (secondary N) is 1. The summed E-state index contributed by atoms with van der Waals surface area (Å²) in [5.74, 6) is -0.533. The number of pyridine rings is 2. The first kappa shape index (κ1) is 23.6. The van der Waals surface area contributed by atoms with E-state index in [1.54, 1.807) is 67.4 Å². The monoisotopic (exact) mass is 520 g/mol. The van der Waals surface area contributed by atoms with Gasteiger partial charge in [-0.15, -0.1) is 0 Å². The quantitative estimate of drug-likeness (QED) is 0.342. The molecule has 0 bridgehead atoms. The van der Waals surface area contributed by atoms with Gasteiger partial charge in [0.15, 0.2) is 11.6 Å². The molecule has 0 radical (unpaired) electrons. The molecule has 5 rings (SSSR count). The summed E-state index contributed by atoms with van der Waals surface area (Å²) >= 11 is 6.52. The highest BCUT2D eigenvalue weighted by Crippen LogP contribution is 2.35. The SMILES string of the molecule is Cc1cccc(CS(=O)(=O)Nc2nc(-c3cc(Cl)c4ncccc4c3)c(-c3ccn(C)n3)nc2N)n1. The van der Waals surface area contributed by atoms with Crippen molar-refractivity contribution in [1.82, 2.24) is 29.7 Å². The van der Waals surface area contributed by atoms with E-state index < -0.39 is 10.0 Å². The van der Waals surface area contributed by atoms with Gasteiger partial charge in [0.2, 0.25) is 10.0 Å². The number of hydrogen-bond donors (Lipinski definition) is 2. The zero-order valence-corrected chi connectivity index (χ0v) is 20.9. The van der Waals surface area contributed by atoms with Crippen molar-refractivity contribution in [3.63, 3.8) is 0 Å². The Morgan fingerprint density at radius 1 is 1.06 bits per heavy atom. The molecule has 4 heterocycles. The van der Waals surface area contributed by atoms with E-state index in [4.69, 9.17) is 17.3 Å². The first-order chi connectivity index (χ1) is 17.2. The van der Waals surface area contributed by atoms with E-state index in [-0.39, 0.29) is 17.4 Å². The van der Waals surface area contributed by atoms with E-state index in [9.17, 15) is 8.42 Å². The predicted molar refractivity (Wildman–Crippen MR) is 140 cm³/mol. The molecule has 0 amide bonds. The van der Waals surface area contributed by atoms with E-state index in [0.717, 1.165) is 5.39 Å². The minimum Gasteiger partial charge on any atom is -0.381 e. The summed E-state index contributed by atoms with van der Waals surface area (Å²) in [6.45, 7) is 1.79. The molecule has 10 nitrogen and oxygen atoms in total. The first-order valence-corrected chi connectivity index (χ1v) is 12.9. The standard InChI is InChI=1S/C24H21ClN8O2S/c1-14-5-3-7-17(28-14)13-36(34,35)32-24-23(26)29-22(19-8-10-33(2)31-19)21(30-24)16-11-15-6-4-9-27-20(15)18(25)12-16/h3-12H,13H2,1-2H3,(H2,26,29)(H,30,32). The summed E-state index contributed by atoms with van der Waals surface area (Å²) in [5.41, 5.74) is 9.79. The van der Waals surface area contributed by atoms with Crippen molar-refractivity contribution in [3.8, 4) is 22.6 Å². The Hall–Kier alpha value is -4.09. The van der Waals surface area contributed by atoms with Crippen LogP contribution in [0.15, 0.2) is 60.9 Å². The van der Waals surface area contributed by atoms with Crippen LogP contribution in [-0.4, -0.2) is 38.1 Å². The van der Waals surface area contributed by atoms with Crippen molar-refractivity contribution < 1.29 is 8.42 Å². The number of fused-ring (bicyclic) bond motifs is 1. The summed E-state index contributed by atoms with van der Waals surface area (Å²) in [6.07, 6.45) is 3.42. The highest BCUT2D eigenvalue weighted by Gasteiger charge is 2.22. The molecule has 0 saturated heterocycles. The molecule has 4 aromatic heterocycles. The minimum atomic E-state index is -3.89. The molecule has 182 valence electrons. The van der Waals surface area contributed by atoms with E-state index in [1.807, 2.05) is 12.1 Å². The number of aromatic nitrogens is 6. The highest BCUT2D eigenvalue weighted by molar-refractivity contribution is 7.91. The number of nitrogens with two attached hydrogens (primary N) is 1. The molecular formula is C24H21ClN8O2S. The molecule has 0 aliphatic rings. The number of benzene rings is 1. The molecule has 1 aromatic carbocycles. The Bertz CT molecular complexity index is 1720. The van der Waals surface area contributed by atoms with Gasteiger partial charge in [-0.25, -0.2) is 18.4 Å². The molecule has 5 aromatic rings. The van der Waals surface area contributed by atoms with Gasteiger partial charge in [0.25, 0.3) is 0 Å². The lowest BCUT2D eigenvalue weighted by atomic mass is 10.0. The zero-order chi connectivity index (χ0) is 25.4. The lowest BCUT2D eigenvalue weighted by molar-refractivity contribution is 0.599. The molecule has 0 aliphatic carbocycles. The lowest BCUT2D eigenvalue weighted by Gasteiger charge is -2.14. The Balaban J connectivity index is 1.63. The van der Waals surface area contributed by atoms with Crippen molar-refractivity contribution in [3.05, 3.63) is 77.3 Å². The third kappa shape index (κ3) is 4.83. The Kier molecular flexibility index (Phi) is 6.02. The van der Waals surface area contributed by atoms with Gasteiger partial charge in [-0.2, -0.15) is 5.10 Å². The molecule has 0 spiro atoms. The number of nitrogen functional groups attached to an aromatic ring is 1. The first-order valence-electron chi connectivity index (χ1n) is 10.8. The number of halogens is 1. The van der Waals surface area contributed by atoms with Gasteiger partial charge >= 0.3 is 0 Å². The minimum absolute atomic E-state index is 0.0891. The molecule has 12 heteroatoms. The van der Waals surface area contributed by atoms with E-state index in [0.29, 0.717) is 44.6 Å². The topological polar surface area (TPSA) is 142 Å². The van der Waals surface area contributed by atoms with Gasteiger partial charge in [-0.1, -0.05) is 23.7 Å². The molecular weight excluding hydrogens is 500 g/mol. The summed E-state index contributed by atoms with van der Waals surface area (Å²) < 4.78 is 30.0. The van der Waals surface area contributed by atoms with Crippen LogP contribution in [0.4, 0.5) is 11.6 Å². The van der Waals surface area contributed by atoms with E-state index >= 15 is 0 Å². The molecule has 0 saturated carbocycles. The fourth-order valence-corrected chi connectivity index (χ4v) is 5.13. The average Bonchev–Trinajstić information content (AvgIpc) is 3.26.